The molecule has 0 atom stereocenters. The normalized spacial score (nSPS) is 18.3. The van der Waals surface area contributed by atoms with Crippen LogP contribution in [0.15, 0.2) is 182 Å². The second kappa shape index (κ2) is 10.9. The fraction of sp³-hybridized carbons (Fsp3) is 0.0233. The maximum absolute atomic E-state index is 9.81. The molecule has 0 saturated carbocycles. The number of ether oxygens (including phenoxy) is 1. The van der Waals surface area contributed by atoms with E-state index in [9.17, 15) is 11.0 Å². The Bertz CT molecular complexity index is 2860. The van der Waals surface area contributed by atoms with Gasteiger partial charge < -0.3 is 4.74 Å². The Labute approximate surface area is 282 Å². The van der Waals surface area contributed by atoms with Crippen LogP contribution in [-0.2, 0) is 5.41 Å². The molecule has 208 valence electrons. The van der Waals surface area contributed by atoms with Crippen LogP contribution >= 0.6 is 0 Å². The van der Waals surface area contributed by atoms with Crippen molar-refractivity contribution in [2.24, 2.45) is 0 Å². The van der Waals surface area contributed by atoms with Crippen LogP contribution in [0.4, 0.5) is 0 Å². The standard InChI is InChI=1S/C43H30O/c1-4-14-31(15-5-1)32-24-26-33(27-25-32)37-20-10-11-21-38(37)34-28-29-40-42(30-34)44-41-23-13-12-22-39(41)43(40,35-16-6-2-7-17-35)36-18-8-3-9-19-36/h1-30H/i2D,3D,6D,7D,8D,9D,12D,13D,16D,17D,18D,19D,22D,23D,28D,29D,30D. The van der Waals surface area contributed by atoms with Crippen molar-refractivity contribution in [2.75, 3.05) is 0 Å². The van der Waals surface area contributed by atoms with Gasteiger partial charge in [0.1, 0.15) is 11.5 Å². The maximum atomic E-state index is 9.81. The quantitative estimate of drug-likeness (QED) is 0.197. The van der Waals surface area contributed by atoms with Crippen LogP contribution in [0.25, 0.3) is 33.4 Å². The van der Waals surface area contributed by atoms with Gasteiger partial charge in [-0.15, -0.1) is 0 Å². The van der Waals surface area contributed by atoms with E-state index < -0.39 is 142 Å². The first kappa shape index (κ1) is 13.8. The lowest BCUT2D eigenvalue weighted by Crippen LogP contribution is -2.34. The van der Waals surface area contributed by atoms with Gasteiger partial charge in [-0.3, -0.25) is 0 Å². The first-order valence-electron chi connectivity index (χ1n) is 22.2. The van der Waals surface area contributed by atoms with Crippen molar-refractivity contribution in [3.63, 3.8) is 0 Å². The van der Waals surface area contributed by atoms with E-state index in [-0.39, 0.29) is 11.1 Å². The van der Waals surface area contributed by atoms with Gasteiger partial charge in [0.25, 0.3) is 0 Å². The first-order chi connectivity index (χ1) is 28.9. The largest absolute Gasteiger partial charge is 0.457 e. The highest BCUT2D eigenvalue weighted by Crippen LogP contribution is 2.55. The zero-order valence-electron chi connectivity index (χ0n) is 39.9. The Morgan fingerprint density at radius 1 is 0.409 bits per heavy atom. The second-order valence-corrected chi connectivity index (χ2v) is 10.00. The smallest absolute Gasteiger partial charge is 0.132 e. The predicted molar refractivity (Wildman–Crippen MR) is 181 cm³/mol. The summed E-state index contributed by atoms with van der Waals surface area (Å²) in [6.07, 6.45) is 0. The molecule has 1 aliphatic rings. The van der Waals surface area contributed by atoms with Gasteiger partial charge in [0, 0.05) is 11.1 Å². The third kappa shape index (κ3) is 4.25. The van der Waals surface area contributed by atoms with E-state index in [0.29, 0.717) is 11.1 Å². The van der Waals surface area contributed by atoms with Crippen molar-refractivity contribution in [3.05, 3.63) is 204 Å². The molecule has 0 aliphatic carbocycles. The van der Waals surface area contributed by atoms with Crippen LogP contribution in [0, 0.1) is 0 Å². The second-order valence-electron chi connectivity index (χ2n) is 10.00. The summed E-state index contributed by atoms with van der Waals surface area (Å²) in [5.74, 6) is -1.42. The van der Waals surface area contributed by atoms with Crippen molar-refractivity contribution >= 4 is 0 Å². The van der Waals surface area contributed by atoms with Gasteiger partial charge in [0.05, 0.1) is 28.7 Å². The molecule has 0 unspecified atom stereocenters. The minimum Gasteiger partial charge on any atom is -0.457 e. The molecule has 0 bridgehead atoms. The summed E-state index contributed by atoms with van der Waals surface area (Å²) in [6.45, 7) is 0. The number of fused-ring (bicyclic) bond motifs is 2. The molecule has 0 saturated heterocycles. The highest BCUT2D eigenvalue weighted by atomic mass is 16.5. The van der Waals surface area contributed by atoms with Crippen LogP contribution < -0.4 is 4.74 Å². The molecular weight excluding hydrogens is 532 g/mol. The highest BCUT2D eigenvalue weighted by Gasteiger charge is 2.45. The average Bonchev–Trinajstić information content (AvgIpc) is 3.27. The van der Waals surface area contributed by atoms with Gasteiger partial charge in [-0.2, -0.15) is 0 Å². The number of para-hydroxylation sites is 1. The van der Waals surface area contributed by atoms with Crippen LogP contribution in [-0.4, -0.2) is 0 Å². The number of hydrogen-bond acceptors (Lipinski definition) is 1. The number of hydrogen-bond donors (Lipinski definition) is 0. The highest BCUT2D eigenvalue weighted by molar-refractivity contribution is 5.85. The number of benzene rings is 7. The molecule has 1 heterocycles. The summed E-state index contributed by atoms with van der Waals surface area (Å²) < 4.78 is 160. The molecule has 1 heteroatoms. The molecule has 0 fully saturated rings. The summed E-state index contributed by atoms with van der Waals surface area (Å²) in [5, 5.41) is 0. The minimum atomic E-state index is -3.01. The van der Waals surface area contributed by atoms with Crippen LogP contribution in [0.5, 0.6) is 11.5 Å². The number of rotatable bonds is 5. The molecule has 0 spiro atoms. The van der Waals surface area contributed by atoms with E-state index in [1.807, 2.05) is 54.6 Å². The molecule has 7 aromatic rings. The lowest BCUT2D eigenvalue weighted by atomic mass is 9.63. The Morgan fingerprint density at radius 3 is 1.61 bits per heavy atom. The SMILES string of the molecule is [2H]c1c([2H])c([2H])c(C2(c3c([2H])c([2H])c([2H])c([2H])c3[2H])c3c([2H])c([2H])c([2H])c([2H])c3Oc3c([2H])c(-c4ccccc4-c4ccc(-c5ccccc5)cc4)c([2H])c([2H])c32)c([2H])c1[2H]. The average molecular weight is 580 g/mol. The Kier molecular flexibility index (Phi) is 3.40. The summed E-state index contributed by atoms with van der Waals surface area (Å²) in [7, 11) is 0. The fourth-order valence-corrected chi connectivity index (χ4v) is 5.66. The maximum Gasteiger partial charge on any atom is 0.132 e. The molecular formula is C43H30O. The topological polar surface area (TPSA) is 9.23 Å². The van der Waals surface area contributed by atoms with Crippen molar-refractivity contribution in [1.82, 2.24) is 0 Å². The van der Waals surface area contributed by atoms with E-state index in [4.69, 9.17) is 17.1 Å². The fourth-order valence-electron chi connectivity index (χ4n) is 5.66. The molecule has 44 heavy (non-hydrogen) atoms. The molecule has 0 radical (unpaired) electrons. The van der Waals surface area contributed by atoms with Gasteiger partial charge in [-0.25, -0.2) is 0 Å². The van der Waals surface area contributed by atoms with Crippen molar-refractivity contribution in [1.29, 1.82) is 0 Å². The Balaban J connectivity index is 1.58. The van der Waals surface area contributed by atoms with Gasteiger partial charge in [0.15, 0.2) is 0 Å². The summed E-state index contributed by atoms with van der Waals surface area (Å²) in [5.41, 5.74) is -3.03. The van der Waals surface area contributed by atoms with E-state index >= 15 is 0 Å². The first-order valence-corrected chi connectivity index (χ1v) is 13.7. The van der Waals surface area contributed by atoms with Crippen molar-refractivity contribution in [3.8, 4) is 44.9 Å². The summed E-state index contributed by atoms with van der Waals surface area (Å²) in [4.78, 5) is 0. The summed E-state index contributed by atoms with van der Waals surface area (Å²) >= 11 is 0. The molecule has 0 amide bonds. The van der Waals surface area contributed by atoms with Crippen molar-refractivity contribution < 1.29 is 28.0 Å². The Morgan fingerprint density at radius 2 is 0.932 bits per heavy atom. The van der Waals surface area contributed by atoms with Gasteiger partial charge in [-0.05, 0) is 56.6 Å². The molecule has 0 aromatic heterocycles. The van der Waals surface area contributed by atoms with Gasteiger partial charge >= 0.3 is 0 Å². The van der Waals surface area contributed by atoms with Gasteiger partial charge in [-0.1, -0.05) is 169 Å². The lowest BCUT2D eigenvalue weighted by Gasteiger charge is -2.41. The van der Waals surface area contributed by atoms with Crippen LogP contribution in [0.3, 0.4) is 0 Å². The molecule has 8 rings (SSSR count). The minimum absolute atomic E-state index is 0.188. The molecule has 0 N–H and O–H groups in total. The van der Waals surface area contributed by atoms with E-state index in [1.54, 1.807) is 24.3 Å². The van der Waals surface area contributed by atoms with Crippen LogP contribution in [0.2, 0.25) is 0 Å². The lowest BCUT2D eigenvalue weighted by molar-refractivity contribution is 0.435. The zero-order chi connectivity index (χ0) is 44.1. The third-order valence-electron chi connectivity index (χ3n) is 7.63. The third-order valence-corrected chi connectivity index (χ3v) is 7.63. The van der Waals surface area contributed by atoms with Crippen LogP contribution in [0.1, 0.15) is 45.6 Å². The molecule has 1 nitrogen and oxygen atoms in total. The predicted octanol–water partition coefficient (Wildman–Crippen LogP) is 11.2. The van der Waals surface area contributed by atoms with E-state index in [1.165, 1.54) is 0 Å². The van der Waals surface area contributed by atoms with Crippen molar-refractivity contribution in [2.45, 2.75) is 5.41 Å². The van der Waals surface area contributed by atoms with Gasteiger partial charge in [0.2, 0.25) is 0 Å². The van der Waals surface area contributed by atoms with E-state index in [2.05, 4.69) is 0 Å². The zero-order valence-corrected chi connectivity index (χ0v) is 22.9. The molecule has 1 aliphatic heterocycles. The molecule has 7 aromatic carbocycles. The van der Waals surface area contributed by atoms with E-state index in [0.717, 1.165) is 11.1 Å². The monoisotopic (exact) mass is 579 g/mol. The Hall–Kier alpha value is -5.66. The summed E-state index contributed by atoms with van der Waals surface area (Å²) in [6, 6.07) is 8.54.